The molecule has 5 aromatic rings. The van der Waals surface area contributed by atoms with Crippen molar-refractivity contribution in [3.63, 3.8) is 0 Å². The monoisotopic (exact) mass is 662 g/mol. The minimum absolute atomic E-state index is 0.909. The highest BCUT2D eigenvalue weighted by atomic mass is 16.5. The van der Waals surface area contributed by atoms with Crippen LogP contribution < -0.4 is 23.7 Å². The van der Waals surface area contributed by atoms with Crippen molar-refractivity contribution in [3.05, 3.63) is 135 Å². The highest BCUT2D eigenvalue weighted by molar-refractivity contribution is 5.68. The van der Waals surface area contributed by atoms with Gasteiger partial charge in [0.2, 0.25) is 0 Å². The Hall–Kier alpha value is -4.90. The molecule has 0 radical (unpaired) electrons. The largest absolute Gasteiger partial charge is 0.496 e. The molecule has 5 heteroatoms. The van der Waals surface area contributed by atoms with Gasteiger partial charge in [-0.2, -0.15) is 0 Å². The predicted octanol–water partition coefficient (Wildman–Crippen LogP) is 10.8. The summed E-state index contributed by atoms with van der Waals surface area (Å²) in [6.45, 7) is 14.6. The molecule has 0 fully saturated rings. The van der Waals surface area contributed by atoms with Gasteiger partial charge in [-0.3, -0.25) is 0 Å². The Balaban J connectivity index is 0.000000204. The summed E-state index contributed by atoms with van der Waals surface area (Å²) in [4.78, 5) is 0. The van der Waals surface area contributed by atoms with Crippen LogP contribution in [0.25, 0.3) is 11.1 Å². The van der Waals surface area contributed by atoms with Gasteiger partial charge in [0.05, 0.1) is 35.5 Å². The summed E-state index contributed by atoms with van der Waals surface area (Å²) in [7, 11) is 8.52. The second-order valence-corrected chi connectivity index (χ2v) is 12.3. The number of aryl methyl sites for hydroxylation is 7. The van der Waals surface area contributed by atoms with Crippen molar-refractivity contribution in [3.8, 4) is 39.9 Å². The first-order valence-corrected chi connectivity index (χ1v) is 16.7. The third-order valence-electron chi connectivity index (χ3n) is 8.71. The zero-order chi connectivity index (χ0) is 36.1. The molecule has 5 rings (SSSR count). The van der Waals surface area contributed by atoms with Gasteiger partial charge in [-0.25, -0.2) is 0 Å². The molecule has 0 N–H and O–H groups in total. The Morgan fingerprint density at radius 2 is 0.755 bits per heavy atom. The molecule has 0 aliphatic carbocycles. The number of rotatable bonds is 9. The van der Waals surface area contributed by atoms with E-state index in [1.807, 2.05) is 26.0 Å². The van der Waals surface area contributed by atoms with Gasteiger partial charge in [0, 0.05) is 0 Å². The first-order valence-electron chi connectivity index (χ1n) is 16.7. The topological polar surface area (TPSA) is 46.2 Å². The van der Waals surface area contributed by atoms with Crippen molar-refractivity contribution < 1.29 is 23.7 Å². The van der Waals surface area contributed by atoms with Crippen LogP contribution in [0.2, 0.25) is 0 Å². The van der Waals surface area contributed by atoms with E-state index >= 15 is 0 Å². The molecule has 0 saturated heterocycles. The molecule has 0 aliphatic heterocycles. The summed E-state index contributed by atoms with van der Waals surface area (Å²) < 4.78 is 26.5. The maximum Gasteiger partial charge on any atom is 0.122 e. The van der Waals surface area contributed by atoms with Crippen LogP contribution in [-0.2, 0) is 12.8 Å². The molecule has 5 aromatic carbocycles. The number of ether oxygens (including phenoxy) is 5. The predicted molar refractivity (Wildman–Crippen MR) is 205 cm³/mol. The van der Waals surface area contributed by atoms with Crippen LogP contribution in [0.1, 0.15) is 57.0 Å². The van der Waals surface area contributed by atoms with Crippen LogP contribution in [-0.4, -0.2) is 35.5 Å². The second-order valence-electron chi connectivity index (χ2n) is 12.3. The second kappa shape index (κ2) is 18.6. The zero-order valence-electron chi connectivity index (χ0n) is 31.5. The van der Waals surface area contributed by atoms with E-state index in [2.05, 4.69) is 107 Å². The third kappa shape index (κ3) is 10.5. The Labute approximate surface area is 294 Å². The smallest absolute Gasteiger partial charge is 0.122 e. The normalized spacial score (nSPS) is 10.2. The quantitative estimate of drug-likeness (QED) is 0.157. The Morgan fingerprint density at radius 1 is 0.367 bits per heavy atom. The first-order chi connectivity index (χ1) is 23.5. The van der Waals surface area contributed by atoms with E-state index in [9.17, 15) is 0 Å². The molecule has 260 valence electrons. The SMILES string of the molecule is CCc1cc(OC)c(C)cc1C.COc1cc(-c2ccc(C)c(OC)c2)ccc1C.COc1ccc(Cc2ccc(OC)c(C)c2)cc1C. The van der Waals surface area contributed by atoms with Crippen LogP contribution in [0.15, 0.2) is 84.9 Å². The van der Waals surface area contributed by atoms with Gasteiger partial charge in [-0.1, -0.05) is 61.5 Å². The fourth-order valence-electron chi connectivity index (χ4n) is 5.81. The highest BCUT2D eigenvalue weighted by Crippen LogP contribution is 2.30. The van der Waals surface area contributed by atoms with Gasteiger partial charge in [-0.05, 0) is 146 Å². The maximum atomic E-state index is 5.36. The molecule has 0 bridgehead atoms. The van der Waals surface area contributed by atoms with Crippen LogP contribution >= 0.6 is 0 Å². The van der Waals surface area contributed by atoms with Crippen molar-refractivity contribution in [2.75, 3.05) is 35.5 Å². The van der Waals surface area contributed by atoms with Gasteiger partial charge in [0.1, 0.15) is 28.7 Å². The lowest BCUT2D eigenvalue weighted by Crippen LogP contribution is -1.94. The lowest BCUT2D eigenvalue weighted by Gasteiger charge is -2.10. The van der Waals surface area contributed by atoms with Gasteiger partial charge >= 0.3 is 0 Å². The maximum absolute atomic E-state index is 5.36. The van der Waals surface area contributed by atoms with Gasteiger partial charge in [0.25, 0.3) is 0 Å². The molecule has 0 unspecified atom stereocenters. The standard InChI is InChI=1S/C17H20O2.C16H18O2.C11H16O/c1-12-9-14(5-7-16(12)18-3)11-15-6-8-17(19-4)13(2)10-15;1-11-5-7-13(9-15(11)17-3)14-8-6-12(2)16(10-14)18-4;1-5-10-7-11(12-4)9(3)6-8(10)2/h5-10H,11H2,1-4H3;5-10H,1-4H3;6-7H,5H2,1-4H3. The van der Waals surface area contributed by atoms with Crippen LogP contribution in [0.3, 0.4) is 0 Å². The fourth-order valence-corrected chi connectivity index (χ4v) is 5.81. The van der Waals surface area contributed by atoms with Crippen LogP contribution in [0.5, 0.6) is 28.7 Å². The molecule has 0 saturated carbocycles. The van der Waals surface area contributed by atoms with E-state index in [-0.39, 0.29) is 0 Å². The van der Waals surface area contributed by atoms with Gasteiger partial charge < -0.3 is 23.7 Å². The molecule has 49 heavy (non-hydrogen) atoms. The van der Waals surface area contributed by atoms with Crippen LogP contribution in [0, 0.1) is 41.5 Å². The summed E-state index contributed by atoms with van der Waals surface area (Å²) in [5.41, 5.74) is 13.4. The first kappa shape index (κ1) is 38.5. The number of hydrogen-bond acceptors (Lipinski definition) is 5. The molecule has 0 amide bonds. The molecule has 0 heterocycles. The number of methoxy groups -OCH3 is 5. The van der Waals surface area contributed by atoms with E-state index in [0.717, 1.165) is 63.8 Å². The Bertz CT molecular complexity index is 1690. The van der Waals surface area contributed by atoms with Crippen molar-refractivity contribution in [2.45, 2.75) is 61.3 Å². The van der Waals surface area contributed by atoms with E-state index in [1.54, 1.807) is 35.5 Å². The van der Waals surface area contributed by atoms with Crippen LogP contribution in [0.4, 0.5) is 0 Å². The molecule has 0 atom stereocenters. The summed E-state index contributed by atoms with van der Waals surface area (Å²) in [6, 6.07) is 29.4. The van der Waals surface area contributed by atoms with Crippen molar-refractivity contribution in [1.29, 1.82) is 0 Å². The molecular formula is C44H54O5. The average Bonchev–Trinajstić information content (AvgIpc) is 3.09. The summed E-state index contributed by atoms with van der Waals surface area (Å²) >= 11 is 0. The average molecular weight is 663 g/mol. The molecule has 5 nitrogen and oxygen atoms in total. The molecular weight excluding hydrogens is 608 g/mol. The molecule has 0 aromatic heterocycles. The Kier molecular flexibility index (Phi) is 14.6. The minimum atomic E-state index is 0.909. The zero-order valence-corrected chi connectivity index (χ0v) is 31.5. The lowest BCUT2D eigenvalue weighted by molar-refractivity contribution is 0.411. The highest BCUT2D eigenvalue weighted by Gasteiger charge is 2.07. The summed E-state index contributed by atoms with van der Waals surface area (Å²) in [5, 5.41) is 0. The summed E-state index contributed by atoms with van der Waals surface area (Å²) in [6.07, 6.45) is 2.00. The minimum Gasteiger partial charge on any atom is -0.496 e. The number of benzene rings is 5. The van der Waals surface area contributed by atoms with Crippen molar-refractivity contribution in [1.82, 2.24) is 0 Å². The number of hydrogen-bond donors (Lipinski definition) is 0. The fraction of sp³-hybridized carbons (Fsp3) is 0.318. The van der Waals surface area contributed by atoms with Crippen molar-refractivity contribution in [2.24, 2.45) is 0 Å². The summed E-state index contributed by atoms with van der Waals surface area (Å²) in [5.74, 6) is 4.70. The third-order valence-corrected chi connectivity index (χ3v) is 8.71. The van der Waals surface area contributed by atoms with E-state index in [4.69, 9.17) is 23.7 Å². The molecule has 0 spiro atoms. The van der Waals surface area contributed by atoms with Gasteiger partial charge in [-0.15, -0.1) is 0 Å². The Morgan fingerprint density at radius 3 is 1.12 bits per heavy atom. The van der Waals surface area contributed by atoms with E-state index in [1.165, 1.54) is 38.9 Å². The lowest BCUT2D eigenvalue weighted by atomic mass is 10.0. The van der Waals surface area contributed by atoms with E-state index < -0.39 is 0 Å². The van der Waals surface area contributed by atoms with E-state index in [0.29, 0.717) is 0 Å². The molecule has 0 aliphatic rings. The van der Waals surface area contributed by atoms with Crippen molar-refractivity contribution >= 4 is 0 Å². The van der Waals surface area contributed by atoms with Gasteiger partial charge in [0.15, 0.2) is 0 Å².